The molecule has 0 amide bonds. The summed E-state index contributed by atoms with van der Waals surface area (Å²) >= 11 is 1.91. The van der Waals surface area contributed by atoms with Gasteiger partial charge in [-0.2, -0.15) is 11.8 Å². The number of nitrogens with one attached hydrogen (secondary N) is 1. The molecule has 1 rings (SSSR count). The van der Waals surface area contributed by atoms with E-state index in [1.165, 1.54) is 0 Å². The molecular formula is C11H22N2O2S. The van der Waals surface area contributed by atoms with E-state index in [0.717, 1.165) is 37.7 Å². The number of esters is 1. The average Bonchev–Trinajstić information content (AvgIpc) is 2.30. The van der Waals surface area contributed by atoms with Gasteiger partial charge in [-0.25, -0.2) is 0 Å². The zero-order valence-electron chi connectivity index (χ0n) is 10.2. The van der Waals surface area contributed by atoms with E-state index < -0.39 is 0 Å². The van der Waals surface area contributed by atoms with Crippen molar-refractivity contribution in [1.82, 2.24) is 10.2 Å². The number of hydrogen-bond acceptors (Lipinski definition) is 5. The third-order valence-corrected chi connectivity index (χ3v) is 3.52. The van der Waals surface area contributed by atoms with Gasteiger partial charge in [0.25, 0.3) is 0 Å². The van der Waals surface area contributed by atoms with E-state index in [4.69, 9.17) is 4.74 Å². The van der Waals surface area contributed by atoms with Crippen LogP contribution < -0.4 is 5.32 Å². The molecule has 0 spiro atoms. The summed E-state index contributed by atoms with van der Waals surface area (Å²) in [4.78, 5) is 14.0. The van der Waals surface area contributed by atoms with E-state index in [9.17, 15) is 4.79 Å². The number of nitrogens with zero attached hydrogens (tertiary/aromatic N) is 1. The molecule has 1 fully saturated rings. The van der Waals surface area contributed by atoms with Crippen molar-refractivity contribution in [3.63, 3.8) is 0 Å². The Kier molecular flexibility index (Phi) is 6.84. The van der Waals surface area contributed by atoms with Crippen LogP contribution in [0.4, 0.5) is 0 Å². The molecule has 16 heavy (non-hydrogen) atoms. The lowest BCUT2D eigenvalue weighted by Crippen LogP contribution is -2.55. The van der Waals surface area contributed by atoms with Crippen LogP contribution in [0.1, 0.15) is 13.8 Å². The second kappa shape index (κ2) is 7.92. The van der Waals surface area contributed by atoms with Gasteiger partial charge in [0.05, 0.1) is 6.61 Å². The molecule has 1 saturated heterocycles. The predicted octanol–water partition coefficient (Wildman–Crippen LogP) is 0.576. The molecule has 0 bridgehead atoms. The van der Waals surface area contributed by atoms with Crippen molar-refractivity contribution < 1.29 is 9.53 Å². The average molecular weight is 246 g/mol. The molecule has 0 saturated carbocycles. The fourth-order valence-corrected chi connectivity index (χ4v) is 2.46. The molecule has 0 aromatic carbocycles. The Hall–Kier alpha value is -0.260. The number of ether oxygens (including phenoxy) is 1. The molecule has 0 aromatic heterocycles. The van der Waals surface area contributed by atoms with Crippen molar-refractivity contribution in [2.75, 3.05) is 44.3 Å². The topological polar surface area (TPSA) is 41.6 Å². The molecule has 1 N–H and O–H groups in total. The molecule has 94 valence electrons. The third kappa shape index (κ3) is 4.31. The summed E-state index contributed by atoms with van der Waals surface area (Å²) in [6, 6.07) is -0.0915. The smallest absolute Gasteiger partial charge is 0.324 e. The van der Waals surface area contributed by atoms with Crippen molar-refractivity contribution in [3.05, 3.63) is 0 Å². The van der Waals surface area contributed by atoms with Crippen molar-refractivity contribution in [3.8, 4) is 0 Å². The molecule has 1 unspecified atom stereocenters. The minimum atomic E-state index is -0.0915. The van der Waals surface area contributed by atoms with E-state index in [2.05, 4.69) is 17.1 Å². The Morgan fingerprint density at radius 2 is 2.38 bits per heavy atom. The number of thioether (sulfide) groups is 1. The molecule has 5 heteroatoms. The highest BCUT2D eigenvalue weighted by atomic mass is 32.2. The van der Waals surface area contributed by atoms with Crippen molar-refractivity contribution in [2.45, 2.75) is 19.9 Å². The first-order valence-corrected chi connectivity index (χ1v) is 7.14. The van der Waals surface area contributed by atoms with E-state index in [-0.39, 0.29) is 12.0 Å². The van der Waals surface area contributed by atoms with Crippen LogP contribution in [0.2, 0.25) is 0 Å². The number of carbonyl (C=O) groups excluding carboxylic acids is 1. The van der Waals surface area contributed by atoms with Gasteiger partial charge >= 0.3 is 5.97 Å². The summed E-state index contributed by atoms with van der Waals surface area (Å²) in [5.41, 5.74) is 0. The molecular weight excluding hydrogens is 224 g/mol. The van der Waals surface area contributed by atoms with Crippen LogP contribution >= 0.6 is 11.8 Å². The van der Waals surface area contributed by atoms with Gasteiger partial charge in [-0.15, -0.1) is 0 Å². The van der Waals surface area contributed by atoms with Gasteiger partial charge in [0, 0.05) is 31.9 Å². The maximum Gasteiger partial charge on any atom is 0.324 e. The number of piperazine rings is 1. The Labute approximate surface area is 102 Å². The van der Waals surface area contributed by atoms with Gasteiger partial charge < -0.3 is 10.1 Å². The first-order valence-electron chi connectivity index (χ1n) is 5.98. The van der Waals surface area contributed by atoms with E-state index in [1.807, 2.05) is 18.7 Å². The maximum atomic E-state index is 11.7. The molecule has 4 nitrogen and oxygen atoms in total. The highest BCUT2D eigenvalue weighted by molar-refractivity contribution is 7.99. The standard InChI is InChI=1S/C11H22N2O2S/c1-3-15-11(14)10-9-12-5-6-13(10)7-8-16-4-2/h10,12H,3-9H2,1-2H3. The molecule has 1 aliphatic rings. The Morgan fingerprint density at radius 3 is 3.06 bits per heavy atom. The van der Waals surface area contributed by atoms with E-state index in [1.54, 1.807) is 0 Å². The van der Waals surface area contributed by atoms with Crippen LogP contribution in [0.15, 0.2) is 0 Å². The summed E-state index contributed by atoms with van der Waals surface area (Å²) in [6.45, 7) is 8.07. The SMILES string of the molecule is CCOC(=O)C1CNCCN1CCSCC. The first-order chi connectivity index (χ1) is 7.79. The van der Waals surface area contributed by atoms with Crippen molar-refractivity contribution in [2.24, 2.45) is 0 Å². The van der Waals surface area contributed by atoms with E-state index >= 15 is 0 Å². The van der Waals surface area contributed by atoms with Gasteiger partial charge in [-0.05, 0) is 12.7 Å². The fourth-order valence-electron chi connectivity index (χ4n) is 1.81. The zero-order valence-corrected chi connectivity index (χ0v) is 11.0. The first kappa shape index (κ1) is 13.8. The summed E-state index contributed by atoms with van der Waals surface area (Å²) in [5.74, 6) is 2.14. The molecule has 1 atom stereocenters. The van der Waals surface area contributed by atoms with Gasteiger partial charge in [-0.1, -0.05) is 6.92 Å². The minimum absolute atomic E-state index is 0.0869. The molecule has 1 aliphatic heterocycles. The van der Waals surface area contributed by atoms with Crippen LogP contribution in [0.3, 0.4) is 0 Å². The van der Waals surface area contributed by atoms with E-state index in [0.29, 0.717) is 6.61 Å². The van der Waals surface area contributed by atoms with Crippen LogP contribution in [0.5, 0.6) is 0 Å². The maximum absolute atomic E-state index is 11.7. The number of carbonyl (C=O) groups is 1. The highest BCUT2D eigenvalue weighted by Crippen LogP contribution is 2.08. The van der Waals surface area contributed by atoms with Gasteiger partial charge in [-0.3, -0.25) is 9.69 Å². The largest absolute Gasteiger partial charge is 0.465 e. The van der Waals surface area contributed by atoms with Crippen LogP contribution in [0, 0.1) is 0 Å². The Morgan fingerprint density at radius 1 is 1.56 bits per heavy atom. The monoisotopic (exact) mass is 246 g/mol. The lowest BCUT2D eigenvalue weighted by atomic mass is 10.2. The molecule has 1 heterocycles. The quantitative estimate of drug-likeness (QED) is 0.548. The number of hydrogen-bond donors (Lipinski definition) is 1. The normalized spacial score (nSPS) is 22.0. The summed E-state index contributed by atoms with van der Waals surface area (Å²) < 4.78 is 5.09. The van der Waals surface area contributed by atoms with Crippen molar-refractivity contribution in [1.29, 1.82) is 0 Å². The summed E-state index contributed by atoms with van der Waals surface area (Å²) in [7, 11) is 0. The molecule has 0 aliphatic carbocycles. The third-order valence-electron chi connectivity index (χ3n) is 2.64. The Balaban J connectivity index is 2.40. The number of rotatable bonds is 6. The van der Waals surface area contributed by atoms with Crippen LogP contribution in [-0.4, -0.2) is 61.2 Å². The van der Waals surface area contributed by atoms with Gasteiger partial charge in [0.15, 0.2) is 0 Å². The second-order valence-corrected chi connectivity index (χ2v) is 5.10. The fraction of sp³-hybridized carbons (Fsp3) is 0.909. The molecule has 0 radical (unpaired) electrons. The lowest BCUT2D eigenvalue weighted by Gasteiger charge is -2.34. The summed E-state index contributed by atoms with van der Waals surface area (Å²) in [6.07, 6.45) is 0. The molecule has 0 aromatic rings. The van der Waals surface area contributed by atoms with Gasteiger partial charge in [0.1, 0.15) is 6.04 Å². The zero-order chi connectivity index (χ0) is 11.8. The lowest BCUT2D eigenvalue weighted by molar-refractivity contribution is -0.150. The minimum Gasteiger partial charge on any atom is -0.465 e. The van der Waals surface area contributed by atoms with Crippen LogP contribution in [-0.2, 0) is 9.53 Å². The Bertz CT molecular complexity index is 214. The van der Waals surface area contributed by atoms with Gasteiger partial charge in [0.2, 0.25) is 0 Å². The summed E-state index contributed by atoms with van der Waals surface area (Å²) in [5, 5.41) is 3.25. The second-order valence-electron chi connectivity index (χ2n) is 3.70. The van der Waals surface area contributed by atoms with Crippen LogP contribution in [0.25, 0.3) is 0 Å². The highest BCUT2D eigenvalue weighted by Gasteiger charge is 2.28. The van der Waals surface area contributed by atoms with Crippen molar-refractivity contribution >= 4 is 17.7 Å². The predicted molar refractivity (Wildman–Crippen MR) is 67.9 cm³/mol.